The Bertz CT molecular complexity index is 584. The van der Waals surface area contributed by atoms with Gasteiger partial charge < -0.3 is 5.32 Å². The monoisotopic (exact) mass is 309 g/mol. The van der Waals surface area contributed by atoms with Crippen LogP contribution in [-0.2, 0) is 12.8 Å². The number of hydrogen-bond acceptors (Lipinski definition) is 1. The van der Waals surface area contributed by atoms with E-state index in [1.165, 1.54) is 18.2 Å². The van der Waals surface area contributed by atoms with E-state index >= 15 is 0 Å². The van der Waals surface area contributed by atoms with E-state index in [2.05, 4.69) is 5.32 Å². The van der Waals surface area contributed by atoms with Gasteiger partial charge in [0.25, 0.3) is 0 Å². The summed E-state index contributed by atoms with van der Waals surface area (Å²) in [7, 11) is 1.87. The maximum Gasteiger partial charge on any atom is 0.127 e. The van der Waals surface area contributed by atoms with Crippen molar-refractivity contribution in [3.05, 3.63) is 70.2 Å². The summed E-state index contributed by atoms with van der Waals surface area (Å²) in [5.41, 5.74) is 1.70. The molecule has 2 aromatic rings. The molecule has 112 valence electrons. The third kappa shape index (κ3) is 4.80. The van der Waals surface area contributed by atoms with Gasteiger partial charge in [0.2, 0.25) is 0 Å². The molecule has 1 atom stereocenters. The predicted octanol–water partition coefficient (Wildman–Crippen LogP) is 4.24. The van der Waals surface area contributed by atoms with E-state index in [9.17, 15) is 8.78 Å². The van der Waals surface area contributed by atoms with E-state index in [0.717, 1.165) is 18.5 Å². The first-order chi connectivity index (χ1) is 10.1. The van der Waals surface area contributed by atoms with Crippen molar-refractivity contribution in [3.8, 4) is 0 Å². The number of rotatable bonds is 6. The molecule has 0 aliphatic carbocycles. The molecule has 0 aliphatic heterocycles. The Morgan fingerprint density at radius 3 is 2.38 bits per heavy atom. The van der Waals surface area contributed by atoms with Gasteiger partial charge in [-0.3, -0.25) is 0 Å². The second-order valence-electron chi connectivity index (χ2n) is 5.19. The highest BCUT2D eigenvalue weighted by Gasteiger charge is 2.13. The van der Waals surface area contributed by atoms with Gasteiger partial charge in [0, 0.05) is 5.02 Å². The van der Waals surface area contributed by atoms with Gasteiger partial charge in [-0.15, -0.1) is 0 Å². The summed E-state index contributed by atoms with van der Waals surface area (Å²) >= 11 is 5.77. The van der Waals surface area contributed by atoms with Gasteiger partial charge >= 0.3 is 0 Å². The molecule has 0 radical (unpaired) electrons. The van der Waals surface area contributed by atoms with Crippen LogP contribution in [0.3, 0.4) is 0 Å². The Morgan fingerprint density at radius 2 is 1.76 bits per heavy atom. The Morgan fingerprint density at radius 1 is 1.05 bits per heavy atom. The first kappa shape index (κ1) is 15.9. The van der Waals surface area contributed by atoms with Crippen molar-refractivity contribution in [2.75, 3.05) is 13.6 Å². The highest BCUT2D eigenvalue weighted by Crippen LogP contribution is 2.20. The van der Waals surface area contributed by atoms with Crippen molar-refractivity contribution in [3.63, 3.8) is 0 Å². The molecule has 0 bridgehead atoms. The SMILES string of the molecule is CNCC(Cc1ccc(F)cc1)Cc1ccc(Cl)cc1F. The molecule has 1 N–H and O–H groups in total. The maximum absolute atomic E-state index is 13.9. The fourth-order valence-corrected chi connectivity index (χ4v) is 2.62. The standard InChI is InChI=1S/C17H18ClF2N/c1-21-11-13(8-12-2-6-16(19)7-3-12)9-14-4-5-15(18)10-17(14)20/h2-7,10,13,21H,8-9,11H2,1H3. The summed E-state index contributed by atoms with van der Waals surface area (Å²) < 4.78 is 26.8. The first-order valence-corrected chi connectivity index (χ1v) is 7.29. The molecule has 21 heavy (non-hydrogen) atoms. The van der Waals surface area contributed by atoms with Crippen LogP contribution in [0.1, 0.15) is 11.1 Å². The van der Waals surface area contributed by atoms with Crippen LogP contribution >= 0.6 is 11.6 Å². The van der Waals surface area contributed by atoms with Crippen molar-refractivity contribution < 1.29 is 8.78 Å². The maximum atomic E-state index is 13.9. The van der Waals surface area contributed by atoms with E-state index < -0.39 is 0 Å². The third-order valence-corrected chi connectivity index (χ3v) is 3.69. The topological polar surface area (TPSA) is 12.0 Å². The van der Waals surface area contributed by atoms with E-state index in [4.69, 9.17) is 11.6 Å². The quantitative estimate of drug-likeness (QED) is 0.841. The van der Waals surface area contributed by atoms with Gasteiger partial charge in [0.15, 0.2) is 0 Å². The van der Waals surface area contributed by atoms with E-state index in [0.29, 0.717) is 17.0 Å². The van der Waals surface area contributed by atoms with Crippen molar-refractivity contribution in [1.82, 2.24) is 5.32 Å². The van der Waals surface area contributed by atoms with Gasteiger partial charge in [0.05, 0.1) is 0 Å². The lowest BCUT2D eigenvalue weighted by molar-refractivity contribution is 0.479. The van der Waals surface area contributed by atoms with Crippen LogP contribution in [-0.4, -0.2) is 13.6 Å². The summed E-state index contributed by atoms with van der Waals surface area (Å²) in [5, 5.41) is 3.53. The molecule has 0 saturated heterocycles. The van der Waals surface area contributed by atoms with Crippen LogP contribution in [0.4, 0.5) is 8.78 Å². The summed E-state index contributed by atoms with van der Waals surface area (Å²) in [6.45, 7) is 0.763. The zero-order chi connectivity index (χ0) is 15.2. The normalized spacial score (nSPS) is 12.4. The van der Waals surface area contributed by atoms with Gasteiger partial charge in [-0.05, 0) is 67.7 Å². The summed E-state index contributed by atoms with van der Waals surface area (Å²) in [6, 6.07) is 11.2. The molecule has 0 aromatic heterocycles. The first-order valence-electron chi connectivity index (χ1n) is 6.91. The summed E-state index contributed by atoms with van der Waals surface area (Å²) in [5.74, 6) is -0.286. The molecule has 1 nitrogen and oxygen atoms in total. The smallest absolute Gasteiger partial charge is 0.127 e. The second kappa shape index (κ2) is 7.53. The van der Waals surface area contributed by atoms with Crippen LogP contribution in [0.2, 0.25) is 5.02 Å². The minimum atomic E-state index is -0.275. The van der Waals surface area contributed by atoms with Crippen LogP contribution in [0.5, 0.6) is 0 Å². The molecule has 2 rings (SSSR count). The molecule has 0 saturated carbocycles. The predicted molar refractivity (Wildman–Crippen MR) is 82.6 cm³/mol. The number of nitrogens with one attached hydrogen (secondary N) is 1. The number of benzene rings is 2. The lowest BCUT2D eigenvalue weighted by Crippen LogP contribution is -2.23. The van der Waals surface area contributed by atoms with Crippen LogP contribution < -0.4 is 5.32 Å². The zero-order valence-corrected chi connectivity index (χ0v) is 12.6. The highest BCUT2D eigenvalue weighted by atomic mass is 35.5. The third-order valence-electron chi connectivity index (χ3n) is 3.45. The minimum absolute atomic E-state index is 0.233. The average molecular weight is 310 g/mol. The van der Waals surface area contributed by atoms with Gasteiger partial charge in [0.1, 0.15) is 11.6 Å². The van der Waals surface area contributed by atoms with Crippen molar-refractivity contribution >= 4 is 11.6 Å². The molecular formula is C17H18ClF2N. The Balaban J connectivity index is 2.09. The van der Waals surface area contributed by atoms with Crippen LogP contribution in [0.25, 0.3) is 0 Å². The highest BCUT2D eigenvalue weighted by molar-refractivity contribution is 6.30. The van der Waals surface area contributed by atoms with E-state index in [1.807, 2.05) is 7.05 Å². The van der Waals surface area contributed by atoms with Gasteiger partial charge in [-0.2, -0.15) is 0 Å². The Kier molecular flexibility index (Phi) is 5.71. The molecular weight excluding hydrogens is 292 g/mol. The van der Waals surface area contributed by atoms with Gasteiger partial charge in [-0.1, -0.05) is 29.8 Å². The lowest BCUT2D eigenvalue weighted by atomic mass is 9.92. The molecule has 0 amide bonds. The van der Waals surface area contributed by atoms with E-state index in [-0.39, 0.29) is 17.6 Å². The van der Waals surface area contributed by atoms with E-state index in [1.54, 1.807) is 24.3 Å². The zero-order valence-electron chi connectivity index (χ0n) is 11.9. The largest absolute Gasteiger partial charge is 0.319 e. The fourth-order valence-electron chi connectivity index (χ4n) is 2.46. The number of hydrogen-bond donors (Lipinski definition) is 1. The van der Waals surface area contributed by atoms with Crippen molar-refractivity contribution in [2.45, 2.75) is 12.8 Å². The molecule has 1 unspecified atom stereocenters. The molecule has 0 heterocycles. The van der Waals surface area contributed by atoms with Gasteiger partial charge in [-0.25, -0.2) is 8.78 Å². The summed E-state index contributed by atoms with van der Waals surface area (Å²) in [4.78, 5) is 0. The van der Waals surface area contributed by atoms with Crippen molar-refractivity contribution in [1.29, 1.82) is 0 Å². The van der Waals surface area contributed by atoms with Crippen LogP contribution in [0.15, 0.2) is 42.5 Å². The Hall–Kier alpha value is -1.45. The lowest BCUT2D eigenvalue weighted by Gasteiger charge is -2.17. The number of halogens is 3. The molecule has 4 heteroatoms. The Labute approximate surface area is 128 Å². The average Bonchev–Trinajstić information content (AvgIpc) is 2.44. The minimum Gasteiger partial charge on any atom is -0.319 e. The molecule has 0 spiro atoms. The molecule has 0 aliphatic rings. The second-order valence-corrected chi connectivity index (χ2v) is 5.63. The van der Waals surface area contributed by atoms with Crippen LogP contribution in [0, 0.1) is 17.6 Å². The van der Waals surface area contributed by atoms with Crippen molar-refractivity contribution in [2.24, 2.45) is 5.92 Å². The fraction of sp³-hybridized carbons (Fsp3) is 0.294. The molecule has 2 aromatic carbocycles. The summed E-state index contributed by atoms with van der Waals surface area (Å²) in [6.07, 6.45) is 1.38. The molecule has 0 fully saturated rings.